The molecule has 0 aromatic heterocycles. The van der Waals surface area contributed by atoms with Crippen LogP contribution >= 0.6 is 0 Å². The first-order valence-corrected chi connectivity index (χ1v) is 15.4. The van der Waals surface area contributed by atoms with E-state index in [1.54, 1.807) is 12.1 Å². The normalized spacial score (nSPS) is 12.1. The van der Waals surface area contributed by atoms with E-state index in [1.807, 2.05) is 44.2 Å². The Morgan fingerprint density at radius 1 is 0.854 bits per heavy atom. The van der Waals surface area contributed by atoms with Gasteiger partial charge in [-0.2, -0.15) is 0 Å². The molecule has 3 rings (SSSR count). The van der Waals surface area contributed by atoms with Crippen molar-refractivity contribution in [3.63, 3.8) is 0 Å². The van der Waals surface area contributed by atoms with Crippen LogP contribution in [0.5, 0.6) is 0 Å². The molecule has 0 fully saturated rings. The fourth-order valence-electron chi connectivity index (χ4n) is 4.37. The van der Waals surface area contributed by atoms with Crippen LogP contribution < -0.4 is 9.62 Å². The second kappa shape index (κ2) is 14.7. The molecule has 7 nitrogen and oxygen atoms in total. The van der Waals surface area contributed by atoms with Gasteiger partial charge >= 0.3 is 0 Å². The Bertz CT molecular complexity index is 1380. The van der Waals surface area contributed by atoms with Crippen LogP contribution in [0.1, 0.15) is 37.8 Å². The summed E-state index contributed by atoms with van der Waals surface area (Å²) in [6.07, 6.45) is 1.43. The zero-order chi connectivity index (χ0) is 30.0. The first kappa shape index (κ1) is 31.7. The van der Waals surface area contributed by atoms with Crippen molar-refractivity contribution in [2.45, 2.75) is 45.7 Å². The van der Waals surface area contributed by atoms with E-state index < -0.39 is 27.7 Å². The molecule has 0 unspecified atom stereocenters. The summed E-state index contributed by atoms with van der Waals surface area (Å²) < 4.78 is 53.1. The fourth-order valence-corrected chi connectivity index (χ4v) is 5.34. The number of nitrogens with zero attached hydrogens (tertiary/aromatic N) is 2. The highest BCUT2D eigenvalue weighted by Gasteiger charge is 2.30. The van der Waals surface area contributed by atoms with Crippen LogP contribution in [0.2, 0.25) is 0 Å². The molecular weight excluding hydrogens is 548 g/mol. The van der Waals surface area contributed by atoms with E-state index in [4.69, 9.17) is 0 Å². The quantitative estimate of drug-likeness (QED) is 0.291. The van der Waals surface area contributed by atoms with E-state index in [0.29, 0.717) is 17.8 Å². The third-order valence-corrected chi connectivity index (χ3v) is 7.68. The van der Waals surface area contributed by atoms with Gasteiger partial charge in [-0.15, -0.1) is 0 Å². The molecule has 0 bridgehead atoms. The number of hydrogen-bond donors (Lipinski definition) is 1. The maximum absolute atomic E-state index is 13.8. The largest absolute Gasteiger partial charge is 0.354 e. The maximum atomic E-state index is 13.8. The van der Waals surface area contributed by atoms with E-state index in [-0.39, 0.29) is 50.1 Å². The summed E-state index contributed by atoms with van der Waals surface area (Å²) in [5.41, 5.74) is 1.81. The Labute approximate surface area is 241 Å². The molecule has 0 aliphatic heterocycles. The Balaban J connectivity index is 1.87. The number of benzene rings is 3. The SMILES string of the molecule is CC(C)CNC(=O)[C@@H](Cc1ccccc1)N(Cc1ccc(F)cc1)C(=O)CCCN(c1ccc(F)cc1)S(C)(=O)=O. The fraction of sp³-hybridized carbons (Fsp3) is 0.355. The summed E-state index contributed by atoms with van der Waals surface area (Å²) in [5, 5.41) is 2.94. The number of halogens is 2. The summed E-state index contributed by atoms with van der Waals surface area (Å²) in [6, 6.07) is 19.3. The van der Waals surface area contributed by atoms with Crippen molar-refractivity contribution in [1.82, 2.24) is 10.2 Å². The lowest BCUT2D eigenvalue weighted by Gasteiger charge is -2.32. The van der Waals surface area contributed by atoms with Gasteiger partial charge in [-0.25, -0.2) is 17.2 Å². The molecule has 0 saturated heterocycles. The minimum Gasteiger partial charge on any atom is -0.354 e. The van der Waals surface area contributed by atoms with Gasteiger partial charge < -0.3 is 10.2 Å². The minimum atomic E-state index is -3.70. The summed E-state index contributed by atoms with van der Waals surface area (Å²) in [6.45, 7) is 4.44. The molecule has 10 heteroatoms. The van der Waals surface area contributed by atoms with E-state index in [2.05, 4.69) is 5.32 Å². The van der Waals surface area contributed by atoms with Crippen LogP contribution in [0.4, 0.5) is 14.5 Å². The minimum absolute atomic E-state index is 0.0104. The maximum Gasteiger partial charge on any atom is 0.243 e. The van der Waals surface area contributed by atoms with Crippen LogP contribution in [-0.4, -0.2) is 50.5 Å². The molecule has 2 amide bonds. The van der Waals surface area contributed by atoms with Crippen LogP contribution in [0, 0.1) is 17.6 Å². The average molecular weight is 586 g/mol. The molecule has 3 aromatic carbocycles. The standard InChI is InChI=1S/C31H37F2N3O4S/c1-23(2)21-34-31(38)29(20-24-8-5-4-6-9-24)35(22-25-11-13-26(32)14-12-25)30(37)10-7-19-36(41(3,39)40)28-17-15-27(33)16-18-28/h4-6,8-9,11-18,23,29H,7,10,19-22H2,1-3H3,(H,34,38)/t29-/m1/s1. The molecule has 3 aromatic rings. The second-order valence-electron chi connectivity index (χ2n) is 10.4. The Morgan fingerprint density at radius 2 is 1.44 bits per heavy atom. The van der Waals surface area contributed by atoms with Gasteiger partial charge in [0.25, 0.3) is 0 Å². The second-order valence-corrected chi connectivity index (χ2v) is 12.3. The van der Waals surface area contributed by atoms with Crippen LogP contribution in [-0.2, 0) is 32.6 Å². The number of carbonyl (C=O) groups is 2. The van der Waals surface area contributed by atoms with Gasteiger partial charge in [-0.1, -0.05) is 56.3 Å². The Hall–Kier alpha value is -3.79. The zero-order valence-electron chi connectivity index (χ0n) is 23.6. The lowest BCUT2D eigenvalue weighted by Crippen LogP contribution is -2.51. The van der Waals surface area contributed by atoms with E-state index in [0.717, 1.165) is 16.1 Å². The third-order valence-electron chi connectivity index (χ3n) is 6.49. The molecule has 0 spiro atoms. The monoisotopic (exact) mass is 585 g/mol. The molecule has 0 heterocycles. The van der Waals surface area contributed by atoms with Crippen molar-refractivity contribution < 1.29 is 26.8 Å². The molecule has 1 atom stereocenters. The molecule has 0 aliphatic carbocycles. The first-order valence-electron chi connectivity index (χ1n) is 13.5. The number of hydrogen-bond acceptors (Lipinski definition) is 4. The lowest BCUT2D eigenvalue weighted by molar-refractivity contribution is -0.141. The molecule has 0 radical (unpaired) electrons. The van der Waals surface area contributed by atoms with Crippen molar-refractivity contribution in [3.8, 4) is 0 Å². The zero-order valence-corrected chi connectivity index (χ0v) is 24.4. The molecule has 41 heavy (non-hydrogen) atoms. The molecular formula is C31H37F2N3O4S. The van der Waals surface area contributed by atoms with Gasteiger partial charge in [0.1, 0.15) is 17.7 Å². The van der Waals surface area contributed by atoms with E-state index >= 15 is 0 Å². The molecule has 1 N–H and O–H groups in total. The Kier molecular flexibility index (Phi) is 11.4. The number of carbonyl (C=O) groups excluding carboxylic acids is 2. The van der Waals surface area contributed by atoms with Gasteiger partial charge in [-0.3, -0.25) is 13.9 Å². The van der Waals surface area contributed by atoms with E-state index in [9.17, 15) is 26.8 Å². The van der Waals surface area contributed by atoms with Crippen molar-refractivity contribution in [3.05, 3.63) is 102 Å². The predicted octanol–water partition coefficient (Wildman–Crippen LogP) is 4.92. The summed E-state index contributed by atoms with van der Waals surface area (Å²) >= 11 is 0. The summed E-state index contributed by atoms with van der Waals surface area (Å²) in [7, 11) is -3.70. The molecule has 0 aliphatic rings. The highest BCUT2D eigenvalue weighted by molar-refractivity contribution is 7.92. The van der Waals surface area contributed by atoms with Gasteiger partial charge in [0.05, 0.1) is 11.9 Å². The molecule has 220 valence electrons. The number of nitrogens with one attached hydrogen (secondary N) is 1. The van der Waals surface area contributed by atoms with Crippen LogP contribution in [0.15, 0.2) is 78.9 Å². The number of anilines is 1. The van der Waals surface area contributed by atoms with E-state index in [1.165, 1.54) is 41.3 Å². The highest BCUT2D eigenvalue weighted by atomic mass is 32.2. The van der Waals surface area contributed by atoms with Crippen molar-refractivity contribution in [1.29, 1.82) is 0 Å². The van der Waals surface area contributed by atoms with Crippen LogP contribution in [0.3, 0.4) is 0 Å². The van der Waals surface area contributed by atoms with Gasteiger partial charge in [0.2, 0.25) is 21.8 Å². The first-order chi connectivity index (χ1) is 19.4. The van der Waals surface area contributed by atoms with Crippen molar-refractivity contribution in [2.75, 3.05) is 23.7 Å². The highest BCUT2D eigenvalue weighted by Crippen LogP contribution is 2.21. The molecule has 0 saturated carbocycles. The predicted molar refractivity (Wildman–Crippen MR) is 157 cm³/mol. The summed E-state index contributed by atoms with van der Waals surface area (Å²) in [5.74, 6) is -1.35. The summed E-state index contributed by atoms with van der Waals surface area (Å²) in [4.78, 5) is 28.7. The third kappa shape index (κ3) is 9.97. The van der Waals surface area contributed by atoms with Crippen molar-refractivity contribution in [2.24, 2.45) is 5.92 Å². The number of rotatable bonds is 14. The topological polar surface area (TPSA) is 86.8 Å². The van der Waals surface area contributed by atoms with Gasteiger partial charge in [-0.05, 0) is 59.9 Å². The average Bonchev–Trinajstić information content (AvgIpc) is 2.93. The lowest BCUT2D eigenvalue weighted by atomic mass is 10.0. The number of sulfonamides is 1. The van der Waals surface area contributed by atoms with Gasteiger partial charge in [0.15, 0.2) is 0 Å². The van der Waals surface area contributed by atoms with Gasteiger partial charge in [0, 0.05) is 32.5 Å². The smallest absolute Gasteiger partial charge is 0.243 e. The Morgan fingerprint density at radius 3 is 2.00 bits per heavy atom. The van der Waals surface area contributed by atoms with Crippen molar-refractivity contribution >= 4 is 27.5 Å². The van der Waals surface area contributed by atoms with Crippen LogP contribution in [0.25, 0.3) is 0 Å². The number of amides is 2.